The zero-order chi connectivity index (χ0) is 15.9. The van der Waals surface area contributed by atoms with E-state index in [2.05, 4.69) is 20.8 Å². The van der Waals surface area contributed by atoms with E-state index in [0.29, 0.717) is 22.7 Å². The molecule has 0 bridgehead atoms. The van der Waals surface area contributed by atoms with Gasteiger partial charge in [0.15, 0.2) is 0 Å². The third-order valence-corrected chi connectivity index (χ3v) is 3.58. The van der Waals surface area contributed by atoms with E-state index < -0.39 is 5.92 Å². The van der Waals surface area contributed by atoms with Crippen molar-refractivity contribution in [3.63, 3.8) is 0 Å². The molecule has 0 spiro atoms. The molecule has 1 aromatic rings. The highest BCUT2D eigenvalue weighted by Gasteiger charge is 2.41. The monoisotopic (exact) mass is 297 g/mol. The normalized spacial score (nSPS) is 20.1. The maximum absolute atomic E-state index is 12.5. The molecule has 2 aliphatic rings. The average Bonchev–Trinajstić information content (AvgIpc) is 2.83. The average molecular weight is 297 g/mol. The van der Waals surface area contributed by atoms with Crippen LogP contribution in [0.4, 0.5) is 5.69 Å². The second kappa shape index (κ2) is 5.10. The van der Waals surface area contributed by atoms with Gasteiger partial charge in [-0.3, -0.25) is 9.59 Å². The van der Waals surface area contributed by atoms with E-state index in [4.69, 9.17) is 5.73 Å². The second-order valence-electron chi connectivity index (χ2n) is 5.25. The second-order valence-corrected chi connectivity index (χ2v) is 5.25. The van der Waals surface area contributed by atoms with E-state index in [1.54, 1.807) is 6.92 Å². The molecule has 112 valence electrons. The first-order valence-electron chi connectivity index (χ1n) is 6.78. The Morgan fingerprint density at radius 1 is 1.23 bits per heavy atom. The number of hydrogen-bond donors (Lipinski definition) is 3. The number of benzene rings is 1. The molecule has 2 amide bonds. The zero-order valence-electron chi connectivity index (χ0n) is 12.2. The molecule has 7 heteroatoms. The molecule has 2 aliphatic heterocycles. The molecule has 7 nitrogen and oxygen atoms in total. The molecule has 4 N–H and O–H groups in total. The molecule has 0 fully saturated rings. The van der Waals surface area contributed by atoms with Gasteiger partial charge in [0.2, 0.25) is 5.91 Å². The molecule has 22 heavy (non-hydrogen) atoms. The number of amides is 2. The van der Waals surface area contributed by atoms with Crippen molar-refractivity contribution in [3.05, 3.63) is 41.1 Å². The van der Waals surface area contributed by atoms with Crippen molar-refractivity contribution < 1.29 is 9.59 Å². The minimum Gasteiger partial charge on any atom is -0.385 e. The molecule has 2 heterocycles. The lowest BCUT2D eigenvalue weighted by Gasteiger charge is -2.23. The minimum atomic E-state index is -0.789. The summed E-state index contributed by atoms with van der Waals surface area (Å²) < 4.78 is 0. The maximum atomic E-state index is 12.5. The quantitative estimate of drug-likeness (QED) is 0.746. The van der Waals surface area contributed by atoms with Gasteiger partial charge >= 0.3 is 0 Å². The van der Waals surface area contributed by atoms with E-state index in [9.17, 15) is 9.59 Å². The van der Waals surface area contributed by atoms with Gasteiger partial charge in [0.25, 0.3) is 5.91 Å². The van der Waals surface area contributed by atoms with E-state index in [0.717, 1.165) is 5.56 Å². The highest BCUT2D eigenvalue weighted by atomic mass is 16.2. The number of aryl methyl sites for hydroxylation is 1. The maximum Gasteiger partial charge on any atom is 0.259 e. The van der Waals surface area contributed by atoms with Gasteiger partial charge in [0, 0.05) is 11.4 Å². The number of nitrogens with zero attached hydrogens (tertiary/aromatic N) is 2. The van der Waals surface area contributed by atoms with E-state index >= 15 is 0 Å². The third-order valence-electron chi connectivity index (χ3n) is 3.58. The molecule has 1 unspecified atom stereocenters. The number of rotatable bonds is 2. The smallest absolute Gasteiger partial charge is 0.259 e. The Balaban J connectivity index is 1.90. The Kier molecular flexibility index (Phi) is 3.25. The molecule has 0 aliphatic carbocycles. The van der Waals surface area contributed by atoms with Gasteiger partial charge < -0.3 is 16.4 Å². The fourth-order valence-electron chi connectivity index (χ4n) is 2.45. The summed E-state index contributed by atoms with van der Waals surface area (Å²) in [6, 6.07) is 7.42. The van der Waals surface area contributed by atoms with Gasteiger partial charge in [-0.1, -0.05) is 17.7 Å². The van der Waals surface area contributed by atoms with Crippen LogP contribution in [0.3, 0.4) is 0 Å². The molecule has 0 aromatic heterocycles. The van der Waals surface area contributed by atoms with Crippen molar-refractivity contribution in [2.75, 3.05) is 5.32 Å². The van der Waals surface area contributed by atoms with Crippen LogP contribution in [0, 0.1) is 12.8 Å². The van der Waals surface area contributed by atoms with Gasteiger partial charge in [-0.25, -0.2) is 0 Å². The molecule has 0 radical (unpaired) electrons. The van der Waals surface area contributed by atoms with Crippen molar-refractivity contribution in [2.45, 2.75) is 13.8 Å². The number of amidine groups is 1. The van der Waals surface area contributed by atoms with E-state index in [1.165, 1.54) is 0 Å². The lowest BCUT2D eigenvalue weighted by Crippen LogP contribution is -2.47. The number of carbonyl (C=O) groups excluding carboxylic acids is 2. The van der Waals surface area contributed by atoms with Crippen LogP contribution in [0.25, 0.3) is 0 Å². The predicted molar refractivity (Wildman–Crippen MR) is 83.2 cm³/mol. The lowest BCUT2D eigenvalue weighted by molar-refractivity contribution is -0.120. The fourth-order valence-corrected chi connectivity index (χ4v) is 2.45. The van der Waals surface area contributed by atoms with Crippen molar-refractivity contribution in [1.82, 2.24) is 5.32 Å². The Labute approximate surface area is 127 Å². The van der Waals surface area contributed by atoms with Crippen LogP contribution in [0.5, 0.6) is 0 Å². The fraction of sp³-hybridized carbons (Fsp3) is 0.200. The minimum absolute atomic E-state index is 0.0978. The van der Waals surface area contributed by atoms with Crippen molar-refractivity contribution >= 4 is 29.0 Å². The number of nitrogens with two attached hydrogens (primary N) is 1. The summed E-state index contributed by atoms with van der Waals surface area (Å²) in [5.74, 6) is -1.36. The number of carbonyl (C=O) groups is 2. The summed E-state index contributed by atoms with van der Waals surface area (Å²) >= 11 is 0. The molecular formula is C15H15N5O2. The largest absolute Gasteiger partial charge is 0.385 e. The lowest BCUT2D eigenvalue weighted by atomic mass is 9.90. The van der Waals surface area contributed by atoms with Crippen molar-refractivity contribution in [3.8, 4) is 0 Å². The molecule has 0 saturated heterocycles. The van der Waals surface area contributed by atoms with Gasteiger partial charge in [-0.05, 0) is 26.0 Å². The van der Waals surface area contributed by atoms with Gasteiger partial charge in [0.1, 0.15) is 11.8 Å². The van der Waals surface area contributed by atoms with Crippen molar-refractivity contribution in [1.29, 1.82) is 0 Å². The van der Waals surface area contributed by atoms with Gasteiger partial charge in [0.05, 0.1) is 11.3 Å². The Hall–Kier alpha value is -2.96. The van der Waals surface area contributed by atoms with Crippen LogP contribution >= 0.6 is 0 Å². The summed E-state index contributed by atoms with van der Waals surface area (Å²) in [6.07, 6.45) is 0. The van der Waals surface area contributed by atoms with E-state index in [-0.39, 0.29) is 17.6 Å². The Morgan fingerprint density at radius 3 is 2.59 bits per heavy atom. The van der Waals surface area contributed by atoms with Crippen LogP contribution in [0.2, 0.25) is 0 Å². The summed E-state index contributed by atoms with van der Waals surface area (Å²) in [6.45, 7) is 3.61. The summed E-state index contributed by atoms with van der Waals surface area (Å²) in [7, 11) is 0. The molecular weight excluding hydrogens is 282 g/mol. The summed E-state index contributed by atoms with van der Waals surface area (Å²) in [5.41, 5.74) is 8.47. The van der Waals surface area contributed by atoms with Gasteiger partial charge in [-0.2, -0.15) is 5.10 Å². The van der Waals surface area contributed by atoms with Crippen molar-refractivity contribution in [2.24, 2.45) is 21.9 Å². The number of hydrogen-bond acceptors (Lipinski definition) is 5. The van der Waals surface area contributed by atoms with Crippen LogP contribution in [-0.4, -0.2) is 23.4 Å². The molecule has 3 rings (SSSR count). The molecule has 1 aromatic carbocycles. The molecule has 1 atom stereocenters. The first-order valence-corrected chi connectivity index (χ1v) is 6.78. The topological polar surface area (TPSA) is 109 Å². The first-order chi connectivity index (χ1) is 10.5. The van der Waals surface area contributed by atoms with Crippen LogP contribution in [0.1, 0.15) is 12.5 Å². The van der Waals surface area contributed by atoms with Crippen LogP contribution in [0.15, 0.2) is 45.7 Å². The molecule has 0 saturated carbocycles. The summed E-state index contributed by atoms with van der Waals surface area (Å²) in [5, 5.41) is 13.1. The number of nitrogens with one attached hydrogen (secondary N) is 2. The SMILES string of the molecule is CC1=C(C(=O)Nc2ccc(C)cc2)C2=NN=C(N)C2C(=O)N1. The number of anilines is 1. The summed E-state index contributed by atoms with van der Waals surface area (Å²) in [4.78, 5) is 24.5. The Bertz CT molecular complexity index is 759. The Morgan fingerprint density at radius 2 is 1.91 bits per heavy atom. The predicted octanol–water partition coefficient (Wildman–Crippen LogP) is 0.680. The van der Waals surface area contributed by atoms with Crippen LogP contribution < -0.4 is 16.4 Å². The zero-order valence-corrected chi connectivity index (χ0v) is 12.2. The number of allylic oxidation sites excluding steroid dienone is 1. The van der Waals surface area contributed by atoms with E-state index in [1.807, 2.05) is 31.2 Å². The van der Waals surface area contributed by atoms with Gasteiger partial charge in [-0.15, -0.1) is 5.10 Å². The third kappa shape index (κ3) is 2.26. The highest BCUT2D eigenvalue weighted by molar-refractivity contribution is 6.38. The standard InChI is InChI=1S/C15H15N5O2/c1-7-3-5-9(6-4-7)18-14(21)10-8(2)17-15(22)11-12(10)19-20-13(11)16/h3-6,11H,1-2H3,(H2,16,20)(H,17,22)(H,18,21). The number of fused-ring (bicyclic) bond motifs is 1. The highest BCUT2D eigenvalue weighted by Crippen LogP contribution is 2.24. The first kappa shape index (κ1) is 14.0. The van der Waals surface area contributed by atoms with Crippen LogP contribution in [-0.2, 0) is 9.59 Å².